The largest absolute Gasteiger partial charge is 0.481 e. The maximum absolute atomic E-state index is 9.00. The Morgan fingerprint density at radius 2 is 1.42 bits per heavy atom. The van der Waals surface area contributed by atoms with E-state index in [9.17, 15) is 0 Å². The third kappa shape index (κ3) is 13.8. The van der Waals surface area contributed by atoms with Crippen LogP contribution in [0.4, 0.5) is 0 Å². The Balaban J connectivity index is 0.00000118. The van der Waals surface area contributed by atoms with Gasteiger partial charge in [0.1, 0.15) is 0 Å². The maximum atomic E-state index is 9.00. The molecule has 0 saturated carbocycles. The number of hydrogen-bond donors (Lipinski definition) is 2. The van der Waals surface area contributed by atoms with Crippen LogP contribution in [0.5, 0.6) is 0 Å². The highest BCUT2D eigenvalue weighted by molar-refractivity contribution is 8.03. The number of carbonyl (C=O) groups is 1. The lowest BCUT2D eigenvalue weighted by molar-refractivity contribution is -0.134. The minimum Gasteiger partial charge on any atom is -0.481 e. The molecule has 0 amide bonds. The van der Waals surface area contributed by atoms with Gasteiger partial charge in [0.25, 0.3) is 5.97 Å². The first-order valence-corrected chi connectivity index (χ1v) is 10.7. The number of carboxylic acid groups (broad SMARTS) is 1. The van der Waals surface area contributed by atoms with Crippen LogP contribution in [-0.4, -0.2) is 15.9 Å². The number of aliphatic carboxylic acids is 1. The van der Waals surface area contributed by atoms with Gasteiger partial charge in [-0.15, -0.1) is 11.8 Å². The summed E-state index contributed by atoms with van der Waals surface area (Å²) in [6, 6.07) is 0. The van der Waals surface area contributed by atoms with Crippen molar-refractivity contribution in [3.8, 4) is 0 Å². The summed E-state index contributed by atoms with van der Waals surface area (Å²) in [6.07, 6.45) is 20.4. The van der Waals surface area contributed by atoms with Gasteiger partial charge in [-0.2, -0.15) is 0 Å². The summed E-state index contributed by atoms with van der Waals surface area (Å²) in [5.41, 5.74) is 0. The Morgan fingerprint density at radius 3 is 1.79 bits per heavy atom. The van der Waals surface area contributed by atoms with E-state index >= 15 is 0 Å². The first-order chi connectivity index (χ1) is 11.6. The molecule has 1 aliphatic heterocycles. The molecule has 142 valence electrons. The van der Waals surface area contributed by atoms with Crippen LogP contribution in [0, 0.1) is 0 Å². The lowest BCUT2D eigenvalue weighted by Gasteiger charge is -2.27. The maximum Gasteiger partial charge on any atom is 0.300 e. The van der Waals surface area contributed by atoms with Gasteiger partial charge in [0.15, 0.2) is 0 Å². The van der Waals surface area contributed by atoms with E-state index in [0.29, 0.717) is 4.87 Å². The first-order valence-electron chi connectivity index (χ1n) is 9.86. The Bertz CT molecular complexity index is 320. The van der Waals surface area contributed by atoms with Crippen LogP contribution in [0.2, 0.25) is 0 Å². The van der Waals surface area contributed by atoms with Crippen LogP contribution >= 0.6 is 11.8 Å². The molecule has 4 heteroatoms. The Kier molecular flexibility index (Phi) is 15.4. The summed E-state index contributed by atoms with van der Waals surface area (Å²) in [4.78, 5) is 9.33. The van der Waals surface area contributed by atoms with E-state index in [1.807, 2.05) is 11.8 Å². The van der Waals surface area contributed by atoms with Crippen molar-refractivity contribution in [3.63, 3.8) is 0 Å². The number of nitrogens with one attached hydrogen (secondary N) is 1. The topological polar surface area (TPSA) is 49.3 Å². The summed E-state index contributed by atoms with van der Waals surface area (Å²) in [5.74, 6) is -0.833. The quantitative estimate of drug-likeness (QED) is 0.360. The zero-order valence-electron chi connectivity index (χ0n) is 16.1. The molecule has 1 unspecified atom stereocenters. The van der Waals surface area contributed by atoms with Crippen molar-refractivity contribution in [2.75, 3.05) is 0 Å². The SMILES string of the molecule is CC(=O)O.CCCCCCCCCCCCCC1(CC)NC=CS1. The number of carboxylic acids is 1. The highest BCUT2D eigenvalue weighted by Crippen LogP contribution is 2.36. The third-order valence-electron chi connectivity index (χ3n) is 4.46. The fourth-order valence-corrected chi connectivity index (χ4v) is 3.91. The van der Waals surface area contributed by atoms with E-state index in [2.05, 4.69) is 30.8 Å². The number of unbranched alkanes of at least 4 members (excludes halogenated alkanes) is 10. The second-order valence-corrected chi connectivity index (χ2v) is 8.01. The van der Waals surface area contributed by atoms with Crippen LogP contribution in [0.25, 0.3) is 0 Å². The second kappa shape index (κ2) is 15.9. The molecule has 1 atom stereocenters. The van der Waals surface area contributed by atoms with Crippen molar-refractivity contribution in [1.29, 1.82) is 0 Å². The molecule has 0 bridgehead atoms. The molecule has 2 N–H and O–H groups in total. The summed E-state index contributed by atoms with van der Waals surface area (Å²) in [7, 11) is 0. The summed E-state index contributed by atoms with van der Waals surface area (Å²) < 4.78 is 0. The van der Waals surface area contributed by atoms with E-state index in [4.69, 9.17) is 9.90 Å². The molecule has 0 fully saturated rings. The van der Waals surface area contributed by atoms with Crippen molar-refractivity contribution >= 4 is 17.7 Å². The third-order valence-corrected chi connectivity index (χ3v) is 5.80. The zero-order valence-corrected chi connectivity index (χ0v) is 16.9. The van der Waals surface area contributed by atoms with Gasteiger partial charge in [0.05, 0.1) is 4.87 Å². The van der Waals surface area contributed by atoms with E-state index in [0.717, 1.165) is 6.92 Å². The lowest BCUT2D eigenvalue weighted by atomic mass is 10.0. The molecule has 0 aromatic carbocycles. The molecule has 1 heterocycles. The predicted molar refractivity (Wildman–Crippen MR) is 107 cm³/mol. The van der Waals surface area contributed by atoms with Crippen LogP contribution < -0.4 is 5.32 Å². The summed E-state index contributed by atoms with van der Waals surface area (Å²) in [6.45, 7) is 5.67. The van der Waals surface area contributed by atoms with Gasteiger partial charge in [0, 0.05) is 13.1 Å². The van der Waals surface area contributed by atoms with Crippen molar-refractivity contribution in [3.05, 3.63) is 11.6 Å². The van der Waals surface area contributed by atoms with E-state index in [1.54, 1.807) is 0 Å². The Morgan fingerprint density at radius 1 is 0.958 bits per heavy atom. The minimum absolute atomic E-state index is 0.333. The van der Waals surface area contributed by atoms with Gasteiger partial charge in [-0.3, -0.25) is 4.79 Å². The smallest absolute Gasteiger partial charge is 0.300 e. The summed E-state index contributed by atoms with van der Waals surface area (Å²) >= 11 is 1.98. The standard InChI is InChI=1S/C18H35NS.C2H4O2/c1-3-5-6-7-8-9-10-11-12-13-14-15-18(4-2)19-16-17-20-18;1-2(3)4/h16-17,19H,3-15H2,1-2H3;1H3,(H,3,4). The minimum atomic E-state index is -0.833. The van der Waals surface area contributed by atoms with Crippen LogP contribution in [0.15, 0.2) is 11.6 Å². The Hall–Kier alpha value is -0.640. The fourth-order valence-electron chi connectivity index (χ4n) is 2.95. The summed E-state index contributed by atoms with van der Waals surface area (Å²) in [5, 5.41) is 13.2. The molecule has 0 spiro atoms. The molecule has 0 aromatic heterocycles. The molecule has 24 heavy (non-hydrogen) atoms. The van der Waals surface area contributed by atoms with Gasteiger partial charge in [-0.1, -0.05) is 84.5 Å². The van der Waals surface area contributed by atoms with E-state index in [-0.39, 0.29) is 0 Å². The van der Waals surface area contributed by atoms with Crippen molar-refractivity contribution in [2.45, 2.75) is 109 Å². The molecular formula is C20H39NO2S. The number of hydrogen-bond acceptors (Lipinski definition) is 3. The molecule has 3 nitrogen and oxygen atoms in total. The second-order valence-electron chi connectivity index (χ2n) is 6.72. The van der Waals surface area contributed by atoms with Gasteiger partial charge in [-0.05, 0) is 18.2 Å². The van der Waals surface area contributed by atoms with Crippen molar-refractivity contribution in [2.24, 2.45) is 0 Å². The molecule has 1 rings (SSSR count). The molecule has 0 aliphatic carbocycles. The van der Waals surface area contributed by atoms with E-state index in [1.165, 1.54) is 83.5 Å². The highest BCUT2D eigenvalue weighted by Gasteiger charge is 2.28. The molecule has 1 aliphatic rings. The van der Waals surface area contributed by atoms with Crippen LogP contribution in [-0.2, 0) is 4.79 Å². The normalized spacial score (nSPS) is 18.8. The van der Waals surface area contributed by atoms with Gasteiger partial charge >= 0.3 is 0 Å². The number of rotatable bonds is 13. The van der Waals surface area contributed by atoms with Crippen LogP contribution in [0.1, 0.15) is 104 Å². The lowest BCUT2D eigenvalue weighted by Crippen LogP contribution is -2.34. The average Bonchev–Trinajstić information content (AvgIpc) is 3.01. The molecule has 0 saturated heterocycles. The van der Waals surface area contributed by atoms with Gasteiger partial charge in [0.2, 0.25) is 0 Å². The number of thioether (sulfide) groups is 1. The average molecular weight is 358 g/mol. The molecule has 0 radical (unpaired) electrons. The molecular weight excluding hydrogens is 318 g/mol. The first kappa shape index (κ1) is 23.4. The monoisotopic (exact) mass is 357 g/mol. The van der Waals surface area contributed by atoms with Gasteiger partial charge in [-0.25, -0.2) is 0 Å². The Labute approximate surface area is 154 Å². The predicted octanol–water partition coefficient (Wildman–Crippen LogP) is 6.69. The molecule has 0 aromatic rings. The fraction of sp³-hybridized carbons (Fsp3) is 0.850. The van der Waals surface area contributed by atoms with Gasteiger partial charge < -0.3 is 10.4 Å². The van der Waals surface area contributed by atoms with Crippen LogP contribution in [0.3, 0.4) is 0 Å². The highest BCUT2D eigenvalue weighted by atomic mass is 32.2. The van der Waals surface area contributed by atoms with Crippen molar-refractivity contribution in [1.82, 2.24) is 5.32 Å². The van der Waals surface area contributed by atoms with Crippen molar-refractivity contribution < 1.29 is 9.90 Å². The zero-order chi connectivity index (χ0) is 18.1. The van der Waals surface area contributed by atoms with E-state index < -0.39 is 5.97 Å².